The van der Waals surface area contributed by atoms with Gasteiger partial charge in [-0.15, -0.1) is 11.6 Å². The molecule has 1 aromatic rings. The third-order valence-corrected chi connectivity index (χ3v) is 4.05. The first-order valence-electron chi connectivity index (χ1n) is 6.39. The summed E-state index contributed by atoms with van der Waals surface area (Å²) in [5.74, 6) is 0.804. The van der Waals surface area contributed by atoms with E-state index in [0.29, 0.717) is 24.8 Å². The van der Waals surface area contributed by atoms with Crippen molar-refractivity contribution in [2.75, 3.05) is 19.5 Å². The number of amides is 1. The molecule has 0 saturated heterocycles. The molecule has 0 bridgehead atoms. The monoisotopic (exact) mass is 288 g/mol. The van der Waals surface area contributed by atoms with Gasteiger partial charge in [-0.1, -0.05) is 19.0 Å². The van der Waals surface area contributed by atoms with Crippen LogP contribution in [0.5, 0.6) is 0 Å². The predicted octanol–water partition coefficient (Wildman–Crippen LogP) is 2.60. The Morgan fingerprint density at radius 1 is 1.53 bits per heavy atom. The normalized spacial score (nSPS) is 11.6. The van der Waals surface area contributed by atoms with E-state index in [0.717, 1.165) is 12.8 Å². The number of carbonyl (C=O) groups is 1. The van der Waals surface area contributed by atoms with Gasteiger partial charge in [-0.05, 0) is 12.8 Å². The van der Waals surface area contributed by atoms with E-state index in [1.54, 1.807) is 13.2 Å². The molecule has 0 spiro atoms. The van der Waals surface area contributed by atoms with Crippen LogP contribution in [0, 0.1) is 5.41 Å². The molecule has 108 valence electrons. The minimum atomic E-state index is -0.248. The molecule has 0 atom stereocenters. The van der Waals surface area contributed by atoms with Crippen LogP contribution in [0.1, 0.15) is 42.9 Å². The zero-order chi connectivity index (χ0) is 14.3. The minimum Gasteiger partial charge on any atom is -0.377 e. The fourth-order valence-electron chi connectivity index (χ4n) is 1.72. The van der Waals surface area contributed by atoms with Gasteiger partial charge in [0.25, 0.3) is 5.91 Å². The summed E-state index contributed by atoms with van der Waals surface area (Å²) >= 11 is 6.00. The first-order valence-corrected chi connectivity index (χ1v) is 6.93. The first-order chi connectivity index (χ1) is 9.10. The van der Waals surface area contributed by atoms with Crippen molar-refractivity contribution in [2.24, 2.45) is 5.41 Å². The molecule has 1 N–H and O–H groups in total. The summed E-state index contributed by atoms with van der Waals surface area (Å²) < 4.78 is 9.88. The van der Waals surface area contributed by atoms with Crippen LogP contribution in [-0.2, 0) is 11.3 Å². The lowest BCUT2D eigenvalue weighted by Crippen LogP contribution is -2.38. The molecular weight excluding hydrogens is 268 g/mol. The van der Waals surface area contributed by atoms with Crippen LogP contribution in [0.25, 0.3) is 0 Å². The molecule has 0 aliphatic heterocycles. The third kappa shape index (κ3) is 4.21. The van der Waals surface area contributed by atoms with Gasteiger partial charge >= 0.3 is 0 Å². The van der Waals surface area contributed by atoms with Crippen molar-refractivity contribution in [2.45, 2.75) is 33.3 Å². The molecule has 1 rings (SSSR count). The Labute approximate surface area is 118 Å². The number of nitrogens with zero attached hydrogens (tertiary/aromatic N) is 1. The lowest BCUT2D eigenvalue weighted by molar-refractivity contribution is 0.0922. The van der Waals surface area contributed by atoms with Crippen LogP contribution in [0.4, 0.5) is 0 Å². The zero-order valence-electron chi connectivity index (χ0n) is 11.7. The van der Waals surface area contributed by atoms with Gasteiger partial charge in [0.15, 0.2) is 11.5 Å². The van der Waals surface area contributed by atoms with Crippen LogP contribution in [0.3, 0.4) is 0 Å². The lowest BCUT2D eigenvalue weighted by Gasteiger charge is -2.29. The highest BCUT2D eigenvalue weighted by Crippen LogP contribution is 2.26. The van der Waals surface area contributed by atoms with Crippen molar-refractivity contribution in [3.63, 3.8) is 0 Å². The Morgan fingerprint density at radius 3 is 2.74 bits per heavy atom. The molecule has 0 saturated carbocycles. The van der Waals surface area contributed by atoms with Crippen molar-refractivity contribution in [1.82, 2.24) is 10.5 Å². The maximum absolute atomic E-state index is 11.9. The highest BCUT2D eigenvalue weighted by molar-refractivity contribution is 6.18. The summed E-state index contributed by atoms with van der Waals surface area (Å²) in [7, 11) is 1.56. The van der Waals surface area contributed by atoms with E-state index in [1.165, 1.54) is 0 Å². The molecule has 6 heteroatoms. The van der Waals surface area contributed by atoms with Gasteiger partial charge in [-0.25, -0.2) is 0 Å². The number of rotatable bonds is 8. The van der Waals surface area contributed by atoms with Crippen LogP contribution >= 0.6 is 11.6 Å². The SMILES string of the molecule is CCC(CC)(CCl)CNC(=O)c1cc(COC)on1. The smallest absolute Gasteiger partial charge is 0.273 e. The number of nitrogens with one attached hydrogen (secondary N) is 1. The second-order valence-corrected chi connectivity index (χ2v) is 4.90. The fraction of sp³-hybridized carbons (Fsp3) is 0.692. The molecule has 0 fully saturated rings. The number of hydrogen-bond donors (Lipinski definition) is 1. The van der Waals surface area contributed by atoms with E-state index in [-0.39, 0.29) is 17.0 Å². The number of carbonyl (C=O) groups excluding carboxylic acids is 1. The molecule has 0 radical (unpaired) electrons. The third-order valence-electron chi connectivity index (χ3n) is 3.49. The topological polar surface area (TPSA) is 64.4 Å². The Bertz CT molecular complexity index is 394. The van der Waals surface area contributed by atoms with E-state index in [2.05, 4.69) is 24.3 Å². The van der Waals surface area contributed by atoms with Gasteiger partial charge in [-0.2, -0.15) is 0 Å². The summed E-state index contributed by atoms with van der Waals surface area (Å²) in [5, 5.41) is 6.57. The molecule has 0 unspecified atom stereocenters. The van der Waals surface area contributed by atoms with Crippen molar-refractivity contribution in [1.29, 1.82) is 0 Å². The van der Waals surface area contributed by atoms with Gasteiger partial charge in [0.2, 0.25) is 0 Å². The van der Waals surface area contributed by atoms with Gasteiger partial charge < -0.3 is 14.6 Å². The Hall–Kier alpha value is -1.07. The summed E-state index contributed by atoms with van der Waals surface area (Å²) in [5.41, 5.74) is 0.207. The van der Waals surface area contributed by atoms with E-state index in [9.17, 15) is 4.79 Å². The van der Waals surface area contributed by atoms with Gasteiger partial charge in [0.05, 0.1) is 0 Å². The van der Waals surface area contributed by atoms with Crippen molar-refractivity contribution in [3.05, 3.63) is 17.5 Å². The standard InChI is InChI=1S/C13H21ClN2O3/c1-4-13(5-2,8-14)9-15-12(17)11-6-10(7-18-3)19-16-11/h6H,4-5,7-9H2,1-3H3,(H,15,17). The average molecular weight is 289 g/mol. The molecule has 0 aliphatic rings. The van der Waals surface area contributed by atoms with Gasteiger partial charge in [-0.3, -0.25) is 4.79 Å². The highest BCUT2D eigenvalue weighted by atomic mass is 35.5. The van der Waals surface area contributed by atoms with Crippen LogP contribution in [0.2, 0.25) is 0 Å². The largest absolute Gasteiger partial charge is 0.377 e. The summed E-state index contributed by atoms with van der Waals surface area (Å²) in [6, 6.07) is 1.58. The first kappa shape index (κ1) is 16.0. The number of aromatic nitrogens is 1. The van der Waals surface area contributed by atoms with Crippen LogP contribution in [0.15, 0.2) is 10.6 Å². The summed E-state index contributed by atoms with van der Waals surface area (Å²) in [6.45, 7) is 4.99. The fourth-order valence-corrected chi connectivity index (χ4v) is 2.20. The molecule has 0 aliphatic carbocycles. The molecule has 1 amide bonds. The Morgan fingerprint density at radius 2 is 2.21 bits per heavy atom. The van der Waals surface area contributed by atoms with E-state index < -0.39 is 0 Å². The van der Waals surface area contributed by atoms with E-state index in [4.69, 9.17) is 20.9 Å². The maximum Gasteiger partial charge on any atom is 0.273 e. The zero-order valence-corrected chi connectivity index (χ0v) is 12.4. The molecule has 5 nitrogen and oxygen atoms in total. The van der Waals surface area contributed by atoms with Crippen LogP contribution < -0.4 is 5.32 Å². The Balaban J connectivity index is 2.58. The number of halogens is 1. The number of alkyl halides is 1. The molecular formula is C13H21ClN2O3. The highest BCUT2D eigenvalue weighted by Gasteiger charge is 2.26. The van der Waals surface area contributed by atoms with E-state index in [1.807, 2.05) is 0 Å². The lowest BCUT2D eigenvalue weighted by atomic mass is 9.84. The van der Waals surface area contributed by atoms with E-state index >= 15 is 0 Å². The summed E-state index contributed by atoms with van der Waals surface area (Å²) in [4.78, 5) is 11.9. The predicted molar refractivity (Wildman–Crippen MR) is 73.3 cm³/mol. The average Bonchev–Trinajstić information content (AvgIpc) is 2.90. The molecule has 19 heavy (non-hydrogen) atoms. The van der Waals surface area contributed by atoms with Crippen molar-refractivity contribution >= 4 is 17.5 Å². The second-order valence-electron chi connectivity index (χ2n) is 4.63. The maximum atomic E-state index is 11.9. The van der Waals surface area contributed by atoms with Crippen molar-refractivity contribution < 1.29 is 14.1 Å². The summed E-state index contributed by atoms with van der Waals surface area (Å²) in [6.07, 6.45) is 1.84. The van der Waals surface area contributed by atoms with Crippen molar-refractivity contribution in [3.8, 4) is 0 Å². The minimum absolute atomic E-state index is 0.0592. The number of methoxy groups -OCH3 is 1. The Kier molecular flexibility index (Phi) is 6.31. The van der Waals surface area contributed by atoms with Crippen LogP contribution in [-0.4, -0.2) is 30.6 Å². The quantitative estimate of drug-likeness (QED) is 0.747. The number of ether oxygens (including phenoxy) is 1. The van der Waals surface area contributed by atoms with Gasteiger partial charge in [0, 0.05) is 31.0 Å². The van der Waals surface area contributed by atoms with Gasteiger partial charge in [0.1, 0.15) is 6.61 Å². The number of hydrogen-bond acceptors (Lipinski definition) is 4. The molecule has 1 heterocycles. The molecule has 1 aromatic heterocycles. The second kappa shape index (κ2) is 7.50. The molecule has 0 aromatic carbocycles.